The van der Waals surface area contributed by atoms with Crippen LogP contribution in [0.25, 0.3) is 11.3 Å². The number of amides is 1. The van der Waals surface area contributed by atoms with Gasteiger partial charge in [-0.3, -0.25) is 20.0 Å². The minimum absolute atomic E-state index is 0.336. The summed E-state index contributed by atoms with van der Waals surface area (Å²) in [7, 11) is 0. The Balaban J connectivity index is 1.83. The van der Waals surface area contributed by atoms with Gasteiger partial charge in [0.2, 0.25) is 0 Å². The van der Waals surface area contributed by atoms with Crippen molar-refractivity contribution in [3.8, 4) is 23.1 Å². The van der Waals surface area contributed by atoms with Crippen LogP contribution in [0.4, 0.5) is 0 Å². The minimum atomic E-state index is -0.572. The van der Waals surface area contributed by atoms with Gasteiger partial charge in [-0.05, 0) is 36.4 Å². The van der Waals surface area contributed by atoms with E-state index >= 15 is 0 Å². The van der Waals surface area contributed by atoms with Gasteiger partial charge in [0.25, 0.3) is 5.91 Å². The van der Waals surface area contributed by atoms with Crippen LogP contribution in [0.15, 0.2) is 67.1 Å². The number of carbonyl (C=O) groups is 1. The van der Waals surface area contributed by atoms with E-state index in [0.717, 1.165) is 16.7 Å². The van der Waals surface area contributed by atoms with Crippen LogP contribution >= 0.6 is 0 Å². The summed E-state index contributed by atoms with van der Waals surface area (Å²) in [4.78, 5) is 19.7. The van der Waals surface area contributed by atoms with Crippen molar-refractivity contribution in [3.05, 3.63) is 83.8 Å². The standard InChI is InChI=1S/C19H13N3O2/c23-19(22-24)17-9-11-21-18(12-17)16-7-5-14(6-8-16)3-4-15-2-1-10-20-13-15/h1-2,5-13,24H,(H,22,23). The SMILES string of the molecule is O=C(NO)c1ccnc(-c2ccc(C#Cc3cccnc3)cc2)c1. The lowest BCUT2D eigenvalue weighted by Gasteiger charge is -2.03. The highest BCUT2D eigenvalue weighted by atomic mass is 16.5. The molecule has 1 amide bonds. The fraction of sp³-hybridized carbons (Fsp3) is 0. The molecule has 0 fully saturated rings. The number of aromatic nitrogens is 2. The molecule has 0 bridgehead atoms. The van der Waals surface area contributed by atoms with Gasteiger partial charge >= 0.3 is 0 Å². The molecule has 5 nitrogen and oxygen atoms in total. The number of carbonyl (C=O) groups excluding carboxylic acids is 1. The lowest BCUT2D eigenvalue weighted by Crippen LogP contribution is -2.18. The number of hydrogen-bond acceptors (Lipinski definition) is 4. The first-order chi connectivity index (χ1) is 11.8. The lowest BCUT2D eigenvalue weighted by molar-refractivity contribution is 0.0706. The van der Waals surface area contributed by atoms with Gasteiger partial charge < -0.3 is 0 Å². The third kappa shape index (κ3) is 3.64. The largest absolute Gasteiger partial charge is 0.288 e. The van der Waals surface area contributed by atoms with Gasteiger partial charge in [0.05, 0.1) is 5.69 Å². The quantitative estimate of drug-likeness (QED) is 0.433. The number of rotatable bonds is 2. The number of benzene rings is 1. The summed E-state index contributed by atoms with van der Waals surface area (Å²) >= 11 is 0. The van der Waals surface area contributed by atoms with E-state index in [1.807, 2.05) is 36.4 Å². The second kappa shape index (κ2) is 7.18. The Morgan fingerprint density at radius 1 is 1.00 bits per heavy atom. The van der Waals surface area contributed by atoms with Crippen molar-refractivity contribution in [1.29, 1.82) is 0 Å². The summed E-state index contributed by atoms with van der Waals surface area (Å²) in [5.41, 5.74) is 5.17. The summed E-state index contributed by atoms with van der Waals surface area (Å²) in [5, 5.41) is 8.70. The molecule has 0 radical (unpaired) electrons. The normalized spacial score (nSPS) is 9.71. The zero-order chi connectivity index (χ0) is 16.8. The highest BCUT2D eigenvalue weighted by Gasteiger charge is 2.06. The van der Waals surface area contributed by atoms with Crippen LogP contribution in [0, 0.1) is 11.8 Å². The summed E-state index contributed by atoms with van der Waals surface area (Å²) in [6.07, 6.45) is 4.94. The molecule has 2 N–H and O–H groups in total. The van der Waals surface area contributed by atoms with Crippen LogP contribution in [0.3, 0.4) is 0 Å². The van der Waals surface area contributed by atoms with E-state index in [9.17, 15) is 4.79 Å². The van der Waals surface area contributed by atoms with Crippen LogP contribution in [0.5, 0.6) is 0 Å². The van der Waals surface area contributed by atoms with Gasteiger partial charge in [0.15, 0.2) is 0 Å². The molecule has 0 saturated heterocycles. The van der Waals surface area contributed by atoms with Gasteiger partial charge in [-0.2, -0.15) is 0 Å². The van der Waals surface area contributed by atoms with Crippen molar-refractivity contribution in [2.75, 3.05) is 0 Å². The minimum Gasteiger partial charge on any atom is -0.288 e. The molecule has 1 aromatic carbocycles. The van der Waals surface area contributed by atoms with Crippen LogP contribution in [0.2, 0.25) is 0 Å². The Morgan fingerprint density at radius 3 is 2.50 bits per heavy atom. The smallest absolute Gasteiger partial charge is 0.274 e. The van der Waals surface area contributed by atoms with Gasteiger partial charge in [0.1, 0.15) is 0 Å². The van der Waals surface area contributed by atoms with Crippen molar-refractivity contribution < 1.29 is 10.0 Å². The molecule has 0 aliphatic rings. The third-order valence-corrected chi connectivity index (χ3v) is 3.32. The van der Waals surface area contributed by atoms with Crippen molar-refractivity contribution in [2.45, 2.75) is 0 Å². The average Bonchev–Trinajstić information content (AvgIpc) is 2.67. The monoisotopic (exact) mass is 315 g/mol. The molecule has 116 valence electrons. The predicted molar refractivity (Wildman–Crippen MR) is 89.1 cm³/mol. The summed E-state index contributed by atoms with van der Waals surface area (Å²) in [5.74, 6) is 5.54. The number of pyridine rings is 2. The van der Waals surface area contributed by atoms with Gasteiger partial charge in [-0.1, -0.05) is 24.0 Å². The van der Waals surface area contributed by atoms with Crippen LogP contribution in [0.1, 0.15) is 21.5 Å². The van der Waals surface area contributed by atoms with E-state index in [2.05, 4.69) is 21.8 Å². The molecule has 0 aliphatic heterocycles. The second-order valence-electron chi connectivity index (χ2n) is 4.94. The van der Waals surface area contributed by atoms with E-state index < -0.39 is 5.91 Å². The van der Waals surface area contributed by atoms with E-state index in [4.69, 9.17) is 5.21 Å². The first-order valence-electron chi connectivity index (χ1n) is 7.19. The average molecular weight is 315 g/mol. The van der Waals surface area contributed by atoms with Crippen molar-refractivity contribution in [2.24, 2.45) is 0 Å². The van der Waals surface area contributed by atoms with Gasteiger partial charge in [-0.25, -0.2) is 5.48 Å². The molecular weight excluding hydrogens is 302 g/mol. The Bertz CT molecular complexity index is 911. The molecule has 24 heavy (non-hydrogen) atoms. The fourth-order valence-corrected chi connectivity index (χ4v) is 2.10. The van der Waals surface area contributed by atoms with Crippen molar-refractivity contribution >= 4 is 5.91 Å². The highest BCUT2D eigenvalue weighted by molar-refractivity contribution is 5.94. The number of hydroxylamine groups is 1. The summed E-state index contributed by atoms with van der Waals surface area (Å²) < 4.78 is 0. The molecule has 0 atom stereocenters. The van der Waals surface area contributed by atoms with E-state index in [1.165, 1.54) is 12.3 Å². The lowest BCUT2D eigenvalue weighted by atomic mass is 10.1. The topological polar surface area (TPSA) is 75.1 Å². The van der Waals surface area contributed by atoms with Gasteiger partial charge in [0, 0.05) is 40.8 Å². The maximum Gasteiger partial charge on any atom is 0.274 e. The van der Waals surface area contributed by atoms with Gasteiger partial charge in [-0.15, -0.1) is 0 Å². The number of nitrogens with zero attached hydrogens (tertiary/aromatic N) is 2. The Hall–Kier alpha value is -3.49. The summed E-state index contributed by atoms with van der Waals surface area (Å²) in [6, 6.07) is 14.4. The van der Waals surface area contributed by atoms with Crippen LogP contribution in [-0.4, -0.2) is 21.1 Å². The fourth-order valence-electron chi connectivity index (χ4n) is 2.10. The second-order valence-corrected chi connectivity index (χ2v) is 4.94. The Kier molecular flexibility index (Phi) is 4.61. The van der Waals surface area contributed by atoms with Crippen molar-refractivity contribution in [1.82, 2.24) is 15.4 Å². The summed E-state index contributed by atoms with van der Waals surface area (Å²) in [6.45, 7) is 0. The number of nitrogens with one attached hydrogen (secondary N) is 1. The Morgan fingerprint density at radius 2 is 1.79 bits per heavy atom. The molecule has 0 unspecified atom stereocenters. The van der Waals surface area contributed by atoms with E-state index in [1.54, 1.807) is 23.9 Å². The molecule has 3 aromatic rings. The first kappa shape index (κ1) is 15.4. The van der Waals surface area contributed by atoms with Crippen LogP contribution in [-0.2, 0) is 0 Å². The maximum absolute atomic E-state index is 11.5. The Labute approximate surface area is 139 Å². The molecule has 0 aliphatic carbocycles. The molecule has 3 rings (SSSR count). The highest BCUT2D eigenvalue weighted by Crippen LogP contribution is 2.18. The zero-order valence-electron chi connectivity index (χ0n) is 12.6. The molecule has 2 aromatic heterocycles. The molecule has 2 heterocycles. The molecule has 0 spiro atoms. The third-order valence-electron chi connectivity index (χ3n) is 3.32. The molecule has 0 saturated carbocycles. The maximum atomic E-state index is 11.5. The van der Waals surface area contributed by atoms with E-state index in [0.29, 0.717) is 11.3 Å². The first-order valence-corrected chi connectivity index (χ1v) is 7.19. The number of hydrogen-bond donors (Lipinski definition) is 2. The van der Waals surface area contributed by atoms with Crippen molar-refractivity contribution in [3.63, 3.8) is 0 Å². The predicted octanol–water partition coefficient (Wildman–Crippen LogP) is 2.66. The molecular formula is C19H13N3O2. The van der Waals surface area contributed by atoms with Crippen LogP contribution < -0.4 is 5.48 Å². The zero-order valence-corrected chi connectivity index (χ0v) is 12.6. The van der Waals surface area contributed by atoms with E-state index in [-0.39, 0.29) is 0 Å². The molecule has 5 heteroatoms.